The number of likely N-dealkylation sites (tertiary alicyclic amines) is 1. The molecular weight excluding hydrogens is 216 g/mol. The van der Waals surface area contributed by atoms with Gasteiger partial charge in [0.15, 0.2) is 0 Å². The van der Waals surface area contributed by atoms with Crippen LogP contribution in [0.1, 0.15) is 19.8 Å². The minimum absolute atomic E-state index is 0.121. The zero-order chi connectivity index (χ0) is 11.3. The van der Waals surface area contributed by atoms with Gasteiger partial charge in [-0.15, -0.1) is 0 Å². The molecule has 0 saturated carbocycles. The molecule has 0 aromatic heterocycles. The van der Waals surface area contributed by atoms with Gasteiger partial charge in [-0.25, -0.2) is 13.1 Å². The molecule has 2 N–H and O–H groups in total. The first kappa shape index (κ1) is 12.9. The standard InChI is InChI=1S/C9H20N2O3S/c1-2-15(13,14)10-5-7-11-6-3-4-9(11)8-12/h9-10,12H,2-8H2,1H3. The van der Waals surface area contributed by atoms with Crippen LogP contribution in [-0.2, 0) is 10.0 Å². The Kier molecular flexibility index (Phi) is 4.98. The zero-order valence-corrected chi connectivity index (χ0v) is 9.96. The highest BCUT2D eigenvalue weighted by molar-refractivity contribution is 7.89. The van der Waals surface area contributed by atoms with Crippen LogP contribution < -0.4 is 4.72 Å². The van der Waals surface area contributed by atoms with E-state index in [1.165, 1.54) is 0 Å². The Labute approximate surface area is 91.5 Å². The largest absolute Gasteiger partial charge is 0.395 e. The smallest absolute Gasteiger partial charge is 0.211 e. The minimum Gasteiger partial charge on any atom is -0.395 e. The number of aliphatic hydroxyl groups is 1. The molecule has 6 heteroatoms. The summed E-state index contributed by atoms with van der Waals surface area (Å²) in [6.45, 7) is 3.87. The topological polar surface area (TPSA) is 69.6 Å². The average molecular weight is 236 g/mol. The predicted octanol–water partition coefficient (Wildman–Crippen LogP) is -0.618. The van der Waals surface area contributed by atoms with Gasteiger partial charge in [-0.2, -0.15) is 0 Å². The average Bonchev–Trinajstić information content (AvgIpc) is 2.65. The fraction of sp³-hybridized carbons (Fsp3) is 1.00. The molecule has 1 unspecified atom stereocenters. The molecule has 0 aromatic carbocycles. The molecule has 15 heavy (non-hydrogen) atoms. The number of hydrogen-bond donors (Lipinski definition) is 2. The predicted molar refractivity (Wildman–Crippen MR) is 59.1 cm³/mol. The maximum absolute atomic E-state index is 11.1. The van der Waals surface area contributed by atoms with E-state index in [1.807, 2.05) is 0 Å². The lowest BCUT2D eigenvalue weighted by molar-refractivity contribution is 0.161. The van der Waals surface area contributed by atoms with Crippen molar-refractivity contribution in [3.63, 3.8) is 0 Å². The summed E-state index contributed by atoms with van der Waals surface area (Å²) in [7, 11) is -3.07. The van der Waals surface area contributed by atoms with Gasteiger partial charge >= 0.3 is 0 Å². The lowest BCUT2D eigenvalue weighted by Gasteiger charge is -2.22. The van der Waals surface area contributed by atoms with Gasteiger partial charge in [0, 0.05) is 19.1 Å². The number of nitrogens with zero attached hydrogens (tertiary/aromatic N) is 1. The van der Waals surface area contributed by atoms with Crippen molar-refractivity contribution < 1.29 is 13.5 Å². The van der Waals surface area contributed by atoms with Crippen LogP contribution in [-0.4, -0.2) is 56.5 Å². The molecular formula is C9H20N2O3S. The Balaban J connectivity index is 2.25. The van der Waals surface area contributed by atoms with Crippen molar-refractivity contribution in [1.82, 2.24) is 9.62 Å². The molecule has 5 nitrogen and oxygen atoms in total. The Morgan fingerprint density at radius 2 is 2.27 bits per heavy atom. The Morgan fingerprint density at radius 1 is 1.53 bits per heavy atom. The van der Waals surface area contributed by atoms with Crippen LogP contribution in [0.25, 0.3) is 0 Å². The van der Waals surface area contributed by atoms with Crippen molar-refractivity contribution >= 4 is 10.0 Å². The minimum atomic E-state index is -3.07. The third kappa shape index (κ3) is 4.06. The molecule has 0 aromatic rings. The second kappa shape index (κ2) is 5.79. The van der Waals surface area contributed by atoms with Crippen LogP contribution in [0.3, 0.4) is 0 Å². The summed E-state index contributed by atoms with van der Waals surface area (Å²) in [5, 5.41) is 9.06. The third-order valence-electron chi connectivity index (χ3n) is 2.81. The SMILES string of the molecule is CCS(=O)(=O)NCCN1CCCC1CO. The summed E-state index contributed by atoms with van der Waals surface area (Å²) >= 11 is 0. The van der Waals surface area contributed by atoms with E-state index in [2.05, 4.69) is 9.62 Å². The molecule has 1 saturated heterocycles. The second-order valence-electron chi connectivity index (χ2n) is 3.81. The fourth-order valence-electron chi connectivity index (χ4n) is 1.84. The summed E-state index contributed by atoms with van der Waals surface area (Å²) in [5.41, 5.74) is 0. The van der Waals surface area contributed by atoms with Crippen molar-refractivity contribution in [1.29, 1.82) is 0 Å². The highest BCUT2D eigenvalue weighted by atomic mass is 32.2. The summed E-state index contributed by atoms with van der Waals surface area (Å²) < 4.78 is 24.8. The van der Waals surface area contributed by atoms with Crippen LogP contribution in [0.15, 0.2) is 0 Å². The normalized spacial score (nSPS) is 23.5. The van der Waals surface area contributed by atoms with E-state index < -0.39 is 10.0 Å². The maximum atomic E-state index is 11.1. The quantitative estimate of drug-likeness (QED) is 0.645. The molecule has 90 valence electrons. The van der Waals surface area contributed by atoms with E-state index in [0.29, 0.717) is 13.1 Å². The Morgan fingerprint density at radius 3 is 2.87 bits per heavy atom. The van der Waals surface area contributed by atoms with Crippen molar-refractivity contribution in [3.05, 3.63) is 0 Å². The number of sulfonamides is 1. The van der Waals surface area contributed by atoms with Crippen LogP contribution in [0, 0.1) is 0 Å². The monoisotopic (exact) mass is 236 g/mol. The molecule has 0 amide bonds. The fourth-order valence-corrected chi connectivity index (χ4v) is 2.45. The summed E-state index contributed by atoms with van der Waals surface area (Å²) in [5.74, 6) is 0.121. The molecule has 0 bridgehead atoms. The van der Waals surface area contributed by atoms with Gasteiger partial charge < -0.3 is 5.11 Å². The first-order valence-corrected chi connectivity index (χ1v) is 7.06. The van der Waals surface area contributed by atoms with E-state index in [9.17, 15) is 8.42 Å². The van der Waals surface area contributed by atoms with Crippen LogP contribution in [0.4, 0.5) is 0 Å². The van der Waals surface area contributed by atoms with Crippen LogP contribution in [0.5, 0.6) is 0 Å². The van der Waals surface area contributed by atoms with Gasteiger partial charge in [0.2, 0.25) is 10.0 Å². The van der Waals surface area contributed by atoms with E-state index in [1.54, 1.807) is 6.92 Å². The zero-order valence-electron chi connectivity index (χ0n) is 9.15. The molecule has 0 radical (unpaired) electrons. The van der Waals surface area contributed by atoms with Crippen LogP contribution in [0.2, 0.25) is 0 Å². The second-order valence-corrected chi connectivity index (χ2v) is 5.91. The van der Waals surface area contributed by atoms with Crippen molar-refractivity contribution in [3.8, 4) is 0 Å². The third-order valence-corrected chi connectivity index (χ3v) is 4.21. The lowest BCUT2D eigenvalue weighted by atomic mass is 10.2. The summed E-state index contributed by atoms with van der Waals surface area (Å²) in [4.78, 5) is 2.14. The number of hydrogen-bond acceptors (Lipinski definition) is 4. The van der Waals surface area contributed by atoms with Gasteiger partial charge in [0.05, 0.1) is 12.4 Å². The number of nitrogens with one attached hydrogen (secondary N) is 1. The van der Waals surface area contributed by atoms with Gasteiger partial charge in [0.1, 0.15) is 0 Å². The Hall–Kier alpha value is -0.170. The molecule has 1 fully saturated rings. The molecule has 1 rings (SSSR count). The molecule has 1 aliphatic rings. The van der Waals surface area contributed by atoms with Crippen molar-refractivity contribution in [2.75, 3.05) is 32.0 Å². The van der Waals surface area contributed by atoms with Crippen LogP contribution >= 0.6 is 0 Å². The first-order valence-electron chi connectivity index (χ1n) is 5.41. The van der Waals surface area contributed by atoms with E-state index in [4.69, 9.17) is 5.11 Å². The lowest BCUT2D eigenvalue weighted by Crippen LogP contribution is -2.39. The summed E-state index contributed by atoms with van der Waals surface area (Å²) in [6.07, 6.45) is 2.10. The van der Waals surface area contributed by atoms with E-state index >= 15 is 0 Å². The summed E-state index contributed by atoms with van der Waals surface area (Å²) in [6, 6.07) is 0.219. The van der Waals surface area contributed by atoms with Gasteiger partial charge in [-0.1, -0.05) is 0 Å². The molecule has 0 spiro atoms. The van der Waals surface area contributed by atoms with Gasteiger partial charge in [0.25, 0.3) is 0 Å². The highest BCUT2D eigenvalue weighted by Gasteiger charge is 2.23. The van der Waals surface area contributed by atoms with Crippen molar-refractivity contribution in [2.45, 2.75) is 25.8 Å². The molecule has 0 aliphatic carbocycles. The molecule has 1 aliphatic heterocycles. The van der Waals surface area contributed by atoms with Gasteiger partial charge in [-0.05, 0) is 26.3 Å². The van der Waals surface area contributed by atoms with Crippen molar-refractivity contribution in [2.24, 2.45) is 0 Å². The number of aliphatic hydroxyl groups excluding tert-OH is 1. The molecule has 1 atom stereocenters. The first-order chi connectivity index (χ1) is 7.09. The Bertz CT molecular complexity index is 279. The highest BCUT2D eigenvalue weighted by Crippen LogP contribution is 2.15. The number of rotatable bonds is 6. The van der Waals surface area contributed by atoms with E-state index in [0.717, 1.165) is 19.4 Å². The van der Waals surface area contributed by atoms with E-state index in [-0.39, 0.29) is 18.4 Å². The maximum Gasteiger partial charge on any atom is 0.211 e. The molecule has 1 heterocycles. The van der Waals surface area contributed by atoms with Gasteiger partial charge in [-0.3, -0.25) is 4.90 Å².